The Balaban J connectivity index is 1.42. The van der Waals surface area contributed by atoms with Crippen molar-refractivity contribution in [3.63, 3.8) is 0 Å². The smallest absolute Gasteiger partial charge is 0.200 e. The molecule has 10 nitrogen and oxygen atoms in total. The van der Waals surface area contributed by atoms with Crippen LogP contribution in [0.2, 0.25) is 0 Å². The average molecular weight is 497 g/mol. The molecule has 3 aliphatic rings. The molecule has 0 unspecified atom stereocenters. The Hall–Kier alpha value is -3.18. The van der Waals surface area contributed by atoms with Crippen LogP contribution in [-0.2, 0) is 9.47 Å². The molecule has 2 saturated heterocycles. The average Bonchev–Trinajstić information content (AvgIpc) is 2.90. The second kappa shape index (κ2) is 10.8. The van der Waals surface area contributed by atoms with Gasteiger partial charge in [0.2, 0.25) is 11.6 Å². The van der Waals surface area contributed by atoms with Crippen LogP contribution in [0, 0.1) is 0 Å². The summed E-state index contributed by atoms with van der Waals surface area (Å²) in [4.78, 5) is 31.8. The van der Waals surface area contributed by atoms with Gasteiger partial charge in [0.1, 0.15) is 11.5 Å². The fraction of sp³-hybridized carbons (Fsp3) is 0.462. The molecule has 4 N–H and O–H groups in total. The third kappa shape index (κ3) is 4.90. The topological polar surface area (TPSA) is 124 Å². The maximum Gasteiger partial charge on any atom is 0.200 e. The van der Waals surface area contributed by atoms with Gasteiger partial charge in [0.25, 0.3) is 0 Å². The van der Waals surface area contributed by atoms with Crippen molar-refractivity contribution in [1.29, 1.82) is 0 Å². The molecule has 2 aliphatic heterocycles. The molecule has 5 rings (SSSR count). The second-order valence-electron chi connectivity index (χ2n) is 9.18. The molecule has 0 amide bonds. The van der Waals surface area contributed by atoms with Crippen LogP contribution in [0.5, 0.6) is 11.5 Å². The number of fused-ring (bicyclic) bond motifs is 2. The summed E-state index contributed by atoms with van der Waals surface area (Å²) in [7, 11) is 0. The number of nitrogens with one attached hydrogen (secondary N) is 2. The molecular formula is C26H32N4O6. The summed E-state index contributed by atoms with van der Waals surface area (Å²) < 4.78 is 10.8. The van der Waals surface area contributed by atoms with Crippen LogP contribution in [-0.4, -0.2) is 110 Å². The Morgan fingerprint density at radius 3 is 1.42 bits per heavy atom. The van der Waals surface area contributed by atoms with E-state index < -0.39 is 11.6 Å². The number of benzene rings is 2. The number of anilines is 2. The fourth-order valence-corrected chi connectivity index (χ4v) is 5.01. The van der Waals surface area contributed by atoms with E-state index in [-0.39, 0.29) is 33.8 Å². The number of phenols is 2. The monoisotopic (exact) mass is 496 g/mol. The normalized spacial score (nSPS) is 18.6. The number of morpholine rings is 2. The van der Waals surface area contributed by atoms with Crippen LogP contribution >= 0.6 is 0 Å². The minimum absolute atomic E-state index is 0.158. The van der Waals surface area contributed by atoms with Crippen LogP contribution < -0.4 is 10.6 Å². The van der Waals surface area contributed by atoms with Crippen molar-refractivity contribution in [2.24, 2.45) is 0 Å². The zero-order valence-electron chi connectivity index (χ0n) is 20.2. The van der Waals surface area contributed by atoms with Gasteiger partial charge in [-0.05, 0) is 24.3 Å². The lowest BCUT2D eigenvalue weighted by Crippen LogP contribution is -2.39. The van der Waals surface area contributed by atoms with Crippen LogP contribution in [0.4, 0.5) is 11.4 Å². The summed E-state index contributed by atoms with van der Waals surface area (Å²) in [6, 6.07) is 6.07. The minimum Gasteiger partial charge on any atom is -0.507 e. The lowest BCUT2D eigenvalue weighted by atomic mass is 9.81. The Labute approximate surface area is 209 Å². The Morgan fingerprint density at radius 1 is 0.639 bits per heavy atom. The van der Waals surface area contributed by atoms with Crippen molar-refractivity contribution < 1.29 is 29.3 Å². The molecule has 0 bridgehead atoms. The second-order valence-corrected chi connectivity index (χ2v) is 9.18. The standard InChI is InChI=1S/C26H32N4O6/c31-19-3-4-20(32)24-23(19)25(33)21-17(27-5-7-29-9-13-35-14-10-29)1-2-18(22(21)26(24)34)28-6-8-30-11-15-36-16-12-30/h1-4,27-28,31-32H,5-16H2. The van der Waals surface area contributed by atoms with E-state index in [2.05, 4.69) is 20.4 Å². The zero-order chi connectivity index (χ0) is 25.1. The largest absolute Gasteiger partial charge is 0.507 e. The number of carbonyl (C=O) groups excluding carboxylic acids is 2. The highest BCUT2D eigenvalue weighted by Gasteiger charge is 2.38. The van der Waals surface area contributed by atoms with Gasteiger partial charge in [-0.2, -0.15) is 0 Å². The SMILES string of the molecule is O=C1c2c(O)ccc(O)c2C(=O)c2c(NCCN3CCOCC3)ccc(NCCN3CCOCC3)c21. The van der Waals surface area contributed by atoms with E-state index in [1.165, 1.54) is 12.1 Å². The highest BCUT2D eigenvalue weighted by Crippen LogP contribution is 2.42. The van der Waals surface area contributed by atoms with Gasteiger partial charge in [0.15, 0.2) is 0 Å². The molecule has 2 fully saturated rings. The molecule has 1 aliphatic carbocycles. The van der Waals surface area contributed by atoms with E-state index >= 15 is 0 Å². The van der Waals surface area contributed by atoms with Crippen molar-refractivity contribution in [3.8, 4) is 11.5 Å². The van der Waals surface area contributed by atoms with Gasteiger partial charge in [-0.1, -0.05) is 0 Å². The molecule has 10 heteroatoms. The van der Waals surface area contributed by atoms with Gasteiger partial charge in [0, 0.05) is 63.7 Å². The fourth-order valence-electron chi connectivity index (χ4n) is 5.01. The number of carbonyl (C=O) groups is 2. The number of ether oxygens (including phenoxy) is 2. The molecule has 192 valence electrons. The van der Waals surface area contributed by atoms with Gasteiger partial charge in [-0.3, -0.25) is 19.4 Å². The molecule has 0 atom stereocenters. The quantitative estimate of drug-likeness (QED) is 0.340. The van der Waals surface area contributed by atoms with Crippen molar-refractivity contribution in [1.82, 2.24) is 9.80 Å². The Bertz CT molecular complexity index is 1050. The van der Waals surface area contributed by atoms with E-state index in [1.54, 1.807) is 12.1 Å². The molecule has 2 heterocycles. The molecule has 2 aromatic rings. The number of rotatable bonds is 8. The van der Waals surface area contributed by atoms with Gasteiger partial charge in [0.05, 0.1) is 48.7 Å². The summed E-state index contributed by atoms with van der Waals surface area (Å²) in [6.07, 6.45) is 0. The Kier molecular flexibility index (Phi) is 7.38. The molecular weight excluding hydrogens is 464 g/mol. The van der Waals surface area contributed by atoms with Crippen molar-refractivity contribution in [3.05, 3.63) is 46.5 Å². The zero-order valence-corrected chi connectivity index (χ0v) is 20.2. The molecule has 2 aromatic carbocycles. The molecule has 0 saturated carbocycles. The predicted octanol–water partition coefficient (Wildman–Crippen LogP) is 1.36. The maximum absolute atomic E-state index is 13.6. The number of nitrogens with zero attached hydrogens (tertiary/aromatic N) is 2. The van der Waals surface area contributed by atoms with Crippen molar-refractivity contribution in [2.45, 2.75) is 0 Å². The molecule has 36 heavy (non-hydrogen) atoms. The Morgan fingerprint density at radius 2 is 1.03 bits per heavy atom. The summed E-state index contributed by atoms with van der Waals surface area (Å²) in [5.74, 6) is -1.62. The first kappa shape index (κ1) is 24.5. The van der Waals surface area contributed by atoms with Crippen LogP contribution in [0.15, 0.2) is 24.3 Å². The van der Waals surface area contributed by atoms with Gasteiger partial charge >= 0.3 is 0 Å². The first-order valence-electron chi connectivity index (χ1n) is 12.4. The third-order valence-corrected chi connectivity index (χ3v) is 6.97. The number of ketones is 2. The van der Waals surface area contributed by atoms with E-state index in [0.717, 1.165) is 39.3 Å². The van der Waals surface area contributed by atoms with Crippen LogP contribution in [0.25, 0.3) is 0 Å². The number of hydrogen-bond acceptors (Lipinski definition) is 10. The van der Waals surface area contributed by atoms with Crippen molar-refractivity contribution in [2.75, 3.05) is 89.4 Å². The van der Waals surface area contributed by atoms with E-state index in [9.17, 15) is 19.8 Å². The van der Waals surface area contributed by atoms with E-state index in [0.29, 0.717) is 50.9 Å². The molecule has 0 aromatic heterocycles. The summed E-state index contributed by atoms with van der Waals surface area (Å²) >= 11 is 0. The third-order valence-electron chi connectivity index (χ3n) is 6.97. The van der Waals surface area contributed by atoms with Gasteiger partial charge in [-0.15, -0.1) is 0 Å². The first-order chi connectivity index (χ1) is 17.5. The number of hydrogen-bond donors (Lipinski definition) is 4. The molecule has 0 spiro atoms. The number of phenolic OH excluding ortho intramolecular Hbond substituents is 2. The van der Waals surface area contributed by atoms with E-state index in [4.69, 9.17) is 9.47 Å². The van der Waals surface area contributed by atoms with Gasteiger partial charge < -0.3 is 30.3 Å². The van der Waals surface area contributed by atoms with E-state index in [1.807, 2.05) is 0 Å². The lowest BCUT2D eigenvalue weighted by Gasteiger charge is -2.28. The van der Waals surface area contributed by atoms with Crippen molar-refractivity contribution >= 4 is 22.9 Å². The summed E-state index contributed by atoms with van der Waals surface area (Å²) in [6.45, 7) is 8.90. The highest BCUT2D eigenvalue weighted by atomic mass is 16.5. The molecule has 0 radical (unpaired) electrons. The predicted molar refractivity (Wildman–Crippen MR) is 135 cm³/mol. The maximum atomic E-state index is 13.6. The number of aromatic hydroxyl groups is 2. The highest BCUT2D eigenvalue weighted by molar-refractivity contribution is 6.33. The summed E-state index contributed by atoms with van der Waals surface area (Å²) in [5, 5.41) is 27.5. The van der Waals surface area contributed by atoms with Gasteiger partial charge in [-0.25, -0.2) is 0 Å². The first-order valence-corrected chi connectivity index (χ1v) is 12.4. The summed E-state index contributed by atoms with van der Waals surface area (Å²) in [5.41, 5.74) is 1.18. The lowest BCUT2D eigenvalue weighted by molar-refractivity contribution is 0.0398. The minimum atomic E-state index is -0.487. The van der Waals surface area contributed by atoms with Crippen LogP contribution in [0.3, 0.4) is 0 Å². The van der Waals surface area contributed by atoms with Crippen LogP contribution in [0.1, 0.15) is 31.8 Å².